The van der Waals surface area contributed by atoms with E-state index in [0.717, 1.165) is 47.8 Å². The number of aliphatic hydroxyl groups excluding tert-OH is 2. The van der Waals surface area contributed by atoms with Gasteiger partial charge in [0, 0.05) is 11.4 Å². The van der Waals surface area contributed by atoms with Gasteiger partial charge in [-0.25, -0.2) is 0 Å². The van der Waals surface area contributed by atoms with E-state index in [1.54, 1.807) is 12.0 Å². The Morgan fingerprint density at radius 3 is 2.50 bits per heavy atom. The molecule has 0 saturated carbocycles. The number of β-amino-alcohol motifs (C(OH)–C–C–N with tert-alkyl or cyclic N) is 1. The number of carbonyl (C=O) groups is 1. The molecule has 0 spiro atoms. The second kappa shape index (κ2) is 9.39. The van der Waals surface area contributed by atoms with Crippen LogP contribution in [0.2, 0.25) is 0 Å². The van der Waals surface area contributed by atoms with E-state index >= 15 is 0 Å². The number of ether oxygens (including phenoxy) is 1. The molecule has 2 aliphatic rings. The van der Waals surface area contributed by atoms with Crippen LogP contribution in [0.5, 0.6) is 5.75 Å². The van der Waals surface area contributed by atoms with Gasteiger partial charge in [-0.05, 0) is 55.8 Å². The van der Waals surface area contributed by atoms with E-state index < -0.39 is 17.5 Å². The summed E-state index contributed by atoms with van der Waals surface area (Å²) in [6, 6.07) is 15.1. The van der Waals surface area contributed by atoms with Crippen molar-refractivity contribution in [2.75, 3.05) is 38.2 Å². The quantitative estimate of drug-likeness (QED) is 0.737. The number of likely N-dealkylation sites (tertiary alicyclic amines) is 1. The molecule has 1 unspecified atom stereocenters. The first kappa shape index (κ1) is 21.2. The molecule has 6 nitrogen and oxygen atoms in total. The smallest absolute Gasteiger partial charge is 0.257 e. The van der Waals surface area contributed by atoms with Crippen LogP contribution in [0.1, 0.15) is 23.7 Å². The third-order valence-electron chi connectivity index (χ3n) is 5.72. The first-order chi connectivity index (χ1) is 14.6. The molecule has 0 radical (unpaired) electrons. The van der Waals surface area contributed by atoms with Gasteiger partial charge in [-0.15, -0.1) is 11.8 Å². The molecule has 1 fully saturated rings. The second-order valence-corrected chi connectivity index (χ2v) is 9.02. The minimum Gasteiger partial charge on any atom is -0.497 e. The summed E-state index contributed by atoms with van der Waals surface area (Å²) in [5, 5.41) is 21.2. The van der Waals surface area contributed by atoms with Gasteiger partial charge in [0.05, 0.1) is 30.7 Å². The van der Waals surface area contributed by atoms with Crippen LogP contribution in [0.25, 0.3) is 0 Å². The Labute approximate surface area is 181 Å². The van der Waals surface area contributed by atoms with E-state index in [-0.39, 0.29) is 12.5 Å². The number of fused-ring (bicyclic) bond motifs is 1. The Hall–Kier alpha value is -2.06. The van der Waals surface area contributed by atoms with Crippen molar-refractivity contribution in [3.63, 3.8) is 0 Å². The van der Waals surface area contributed by atoms with E-state index in [4.69, 9.17) is 4.74 Å². The topological polar surface area (TPSA) is 73.2 Å². The zero-order valence-corrected chi connectivity index (χ0v) is 17.9. The number of methoxy groups -OCH3 is 1. The maximum atomic E-state index is 13.3. The zero-order chi connectivity index (χ0) is 21.1. The van der Waals surface area contributed by atoms with Gasteiger partial charge in [-0.1, -0.05) is 24.3 Å². The number of anilines is 1. The molecule has 2 aromatic rings. The van der Waals surface area contributed by atoms with E-state index in [2.05, 4.69) is 4.90 Å². The first-order valence-electron chi connectivity index (χ1n) is 10.4. The lowest BCUT2D eigenvalue weighted by Gasteiger charge is -2.28. The Morgan fingerprint density at radius 2 is 1.80 bits per heavy atom. The molecule has 160 valence electrons. The van der Waals surface area contributed by atoms with Crippen molar-refractivity contribution in [1.82, 2.24) is 4.90 Å². The largest absolute Gasteiger partial charge is 0.497 e. The van der Waals surface area contributed by atoms with Crippen LogP contribution >= 0.6 is 11.8 Å². The normalized spacial score (nSPS) is 23.2. The minimum atomic E-state index is -1.21. The number of benzene rings is 2. The monoisotopic (exact) mass is 428 g/mol. The number of hydrogen-bond acceptors (Lipinski definition) is 6. The lowest BCUT2D eigenvalue weighted by Crippen LogP contribution is -2.46. The molecule has 3 atom stereocenters. The Kier molecular flexibility index (Phi) is 6.63. The number of hydrogen-bond donors (Lipinski definition) is 2. The summed E-state index contributed by atoms with van der Waals surface area (Å²) in [5.41, 5.74) is 1.60. The van der Waals surface area contributed by atoms with Crippen molar-refractivity contribution >= 4 is 23.4 Å². The summed E-state index contributed by atoms with van der Waals surface area (Å²) in [5.74, 6) is 0.346. The van der Waals surface area contributed by atoms with E-state index in [1.165, 1.54) is 11.8 Å². The summed E-state index contributed by atoms with van der Waals surface area (Å²) in [7, 11) is 1.61. The maximum absolute atomic E-state index is 13.3. The molecular formula is C23H28N2O4S. The summed E-state index contributed by atoms with van der Waals surface area (Å²) < 4.78 is 5.22. The van der Waals surface area contributed by atoms with Crippen LogP contribution < -0.4 is 9.64 Å². The minimum absolute atomic E-state index is 0.166. The fourth-order valence-electron chi connectivity index (χ4n) is 4.15. The summed E-state index contributed by atoms with van der Waals surface area (Å²) in [6.45, 7) is 2.68. The molecule has 30 heavy (non-hydrogen) atoms. The Bertz CT molecular complexity index is 870. The van der Waals surface area contributed by atoms with Gasteiger partial charge in [-0.3, -0.25) is 4.79 Å². The SMILES string of the molecule is COc1ccc([C@@H]2Sc3ccccc3N(CC(O)CN3CCCC3)C(=O)[C@@H]2O)cc1. The van der Waals surface area contributed by atoms with Crippen LogP contribution in [0.15, 0.2) is 53.4 Å². The van der Waals surface area contributed by atoms with E-state index in [1.807, 2.05) is 48.5 Å². The number of para-hydroxylation sites is 1. The molecule has 2 aromatic carbocycles. The van der Waals surface area contributed by atoms with Gasteiger partial charge in [0.15, 0.2) is 0 Å². The lowest BCUT2D eigenvalue weighted by atomic mass is 10.1. The Balaban J connectivity index is 1.60. The van der Waals surface area contributed by atoms with Gasteiger partial charge in [0.1, 0.15) is 11.9 Å². The highest BCUT2D eigenvalue weighted by Gasteiger charge is 2.38. The van der Waals surface area contributed by atoms with Crippen molar-refractivity contribution in [1.29, 1.82) is 0 Å². The predicted molar refractivity (Wildman–Crippen MR) is 118 cm³/mol. The van der Waals surface area contributed by atoms with Gasteiger partial charge in [0.25, 0.3) is 5.91 Å². The van der Waals surface area contributed by atoms with Crippen molar-refractivity contribution < 1.29 is 19.7 Å². The van der Waals surface area contributed by atoms with Crippen LogP contribution in [0, 0.1) is 0 Å². The number of aliphatic hydroxyl groups is 2. The number of rotatable bonds is 6. The third-order valence-corrected chi connectivity index (χ3v) is 7.10. The number of thioether (sulfide) groups is 1. The van der Waals surface area contributed by atoms with Gasteiger partial charge in [0.2, 0.25) is 0 Å². The molecule has 7 heteroatoms. The Morgan fingerprint density at radius 1 is 1.10 bits per heavy atom. The van der Waals surface area contributed by atoms with Crippen molar-refractivity contribution in [2.45, 2.75) is 35.2 Å². The molecule has 1 saturated heterocycles. The zero-order valence-electron chi connectivity index (χ0n) is 17.1. The van der Waals surface area contributed by atoms with Gasteiger partial charge < -0.3 is 24.7 Å². The standard InChI is InChI=1S/C23H28N2O4S/c1-29-18-10-8-16(9-11-18)22-21(27)23(28)25(19-6-2-3-7-20(19)30-22)15-17(26)14-24-12-4-5-13-24/h2-3,6-11,17,21-22,26-27H,4-5,12-15H2,1H3/t17?,21-,22+/m1/s1. The lowest BCUT2D eigenvalue weighted by molar-refractivity contribution is -0.127. The summed E-state index contributed by atoms with van der Waals surface area (Å²) >= 11 is 1.47. The van der Waals surface area contributed by atoms with Crippen LogP contribution in [0.3, 0.4) is 0 Å². The van der Waals surface area contributed by atoms with Crippen molar-refractivity contribution in [3.8, 4) is 5.75 Å². The first-order valence-corrected chi connectivity index (χ1v) is 11.2. The molecular weight excluding hydrogens is 400 g/mol. The number of nitrogens with zero attached hydrogens (tertiary/aromatic N) is 2. The van der Waals surface area contributed by atoms with Crippen LogP contribution in [0.4, 0.5) is 5.69 Å². The second-order valence-electron chi connectivity index (χ2n) is 7.83. The average molecular weight is 429 g/mol. The molecule has 0 bridgehead atoms. The maximum Gasteiger partial charge on any atom is 0.257 e. The molecule has 2 heterocycles. The average Bonchev–Trinajstić information content (AvgIpc) is 3.25. The highest BCUT2D eigenvalue weighted by Crippen LogP contribution is 2.45. The molecule has 2 N–H and O–H groups in total. The van der Waals surface area contributed by atoms with E-state index in [0.29, 0.717) is 6.54 Å². The third kappa shape index (κ3) is 4.49. The highest BCUT2D eigenvalue weighted by atomic mass is 32.2. The van der Waals surface area contributed by atoms with Crippen molar-refractivity contribution in [2.24, 2.45) is 0 Å². The molecule has 0 aliphatic carbocycles. The van der Waals surface area contributed by atoms with Gasteiger partial charge >= 0.3 is 0 Å². The number of amides is 1. The van der Waals surface area contributed by atoms with Gasteiger partial charge in [-0.2, -0.15) is 0 Å². The molecule has 1 amide bonds. The van der Waals surface area contributed by atoms with E-state index in [9.17, 15) is 15.0 Å². The molecule has 0 aromatic heterocycles. The van der Waals surface area contributed by atoms with Crippen molar-refractivity contribution in [3.05, 3.63) is 54.1 Å². The highest BCUT2D eigenvalue weighted by molar-refractivity contribution is 7.99. The molecule has 4 rings (SSSR count). The van der Waals surface area contributed by atoms with Crippen LogP contribution in [-0.2, 0) is 4.79 Å². The number of carbonyl (C=O) groups excluding carboxylic acids is 1. The fourth-order valence-corrected chi connectivity index (χ4v) is 5.42. The van der Waals surface area contributed by atoms with Crippen LogP contribution in [-0.4, -0.2) is 66.5 Å². The predicted octanol–water partition coefficient (Wildman–Crippen LogP) is 2.69. The fraction of sp³-hybridized carbons (Fsp3) is 0.435. The summed E-state index contributed by atoms with van der Waals surface area (Å²) in [4.78, 5) is 18.0. The summed E-state index contributed by atoms with van der Waals surface area (Å²) in [6.07, 6.45) is 0.415. The molecule has 2 aliphatic heterocycles.